The molecule has 0 aliphatic carbocycles. The van der Waals surface area contributed by atoms with Crippen LogP contribution in [0.2, 0.25) is 0 Å². The first-order valence-electron chi connectivity index (χ1n) is 11.5. The molecule has 37 heavy (non-hydrogen) atoms. The number of imidazole rings is 1. The fraction of sp³-hybridized carbons (Fsp3) is 0.179. The summed E-state index contributed by atoms with van der Waals surface area (Å²) in [5.74, 6) is -9.13. The van der Waals surface area contributed by atoms with Gasteiger partial charge in [-0.2, -0.15) is 17.6 Å². The Morgan fingerprint density at radius 3 is 2.27 bits per heavy atom. The Bertz CT molecular complexity index is 1620. The lowest BCUT2D eigenvalue weighted by Crippen LogP contribution is -2.36. The van der Waals surface area contributed by atoms with Crippen molar-refractivity contribution in [2.24, 2.45) is 0 Å². The van der Waals surface area contributed by atoms with E-state index in [-0.39, 0.29) is 10.8 Å². The van der Waals surface area contributed by atoms with Crippen molar-refractivity contribution < 1.29 is 17.6 Å². The fourth-order valence-corrected chi connectivity index (χ4v) is 5.34. The van der Waals surface area contributed by atoms with Crippen molar-refractivity contribution in [2.45, 2.75) is 31.1 Å². The highest BCUT2D eigenvalue weighted by molar-refractivity contribution is 7.13. The van der Waals surface area contributed by atoms with Gasteiger partial charge in [0, 0.05) is 46.2 Å². The van der Waals surface area contributed by atoms with Crippen LogP contribution in [0.4, 0.5) is 17.6 Å². The third kappa shape index (κ3) is 3.60. The van der Waals surface area contributed by atoms with Crippen LogP contribution in [0.25, 0.3) is 27.6 Å². The van der Waals surface area contributed by atoms with E-state index in [1.54, 1.807) is 42.6 Å². The van der Waals surface area contributed by atoms with Gasteiger partial charge < -0.3 is 0 Å². The molecule has 9 heteroatoms. The third-order valence-electron chi connectivity index (χ3n) is 6.83. The molecular weight excluding hydrogens is 500 g/mol. The number of alkyl halides is 4. The van der Waals surface area contributed by atoms with Crippen LogP contribution in [-0.2, 0) is 17.3 Å². The van der Waals surface area contributed by atoms with Crippen molar-refractivity contribution >= 4 is 11.3 Å². The van der Waals surface area contributed by atoms with Gasteiger partial charge in [0.1, 0.15) is 22.2 Å². The van der Waals surface area contributed by atoms with E-state index in [4.69, 9.17) is 0 Å². The molecule has 3 aromatic heterocycles. The second-order valence-corrected chi connectivity index (χ2v) is 10.4. The van der Waals surface area contributed by atoms with Gasteiger partial charge in [-0.25, -0.2) is 9.97 Å². The first-order chi connectivity index (χ1) is 17.6. The molecule has 186 valence electrons. The molecule has 0 radical (unpaired) electrons. The number of thiazole rings is 1. The Kier molecular flexibility index (Phi) is 5.14. The fourth-order valence-electron chi connectivity index (χ4n) is 4.50. The lowest BCUT2D eigenvalue weighted by atomic mass is 9.78. The molecule has 0 unspecified atom stereocenters. The van der Waals surface area contributed by atoms with E-state index in [9.17, 15) is 0 Å². The van der Waals surface area contributed by atoms with Crippen LogP contribution in [0.15, 0.2) is 84.6 Å². The number of para-hydroxylation sites is 1. The Morgan fingerprint density at radius 1 is 0.757 bits per heavy atom. The largest absolute Gasteiger partial charge is 0.359 e. The van der Waals surface area contributed by atoms with Gasteiger partial charge in [-0.1, -0.05) is 50.2 Å². The minimum atomic E-state index is -4.63. The van der Waals surface area contributed by atoms with E-state index in [2.05, 4.69) is 15.0 Å². The summed E-state index contributed by atoms with van der Waals surface area (Å²) in [6.45, 7) is 4.05. The highest BCUT2D eigenvalue weighted by Gasteiger charge is 2.61. The highest BCUT2D eigenvalue weighted by Crippen LogP contribution is 2.50. The van der Waals surface area contributed by atoms with E-state index in [0.29, 0.717) is 16.8 Å². The third-order valence-corrected chi connectivity index (χ3v) is 7.72. The molecule has 0 saturated heterocycles. The monoisotopic (exact) mass is 520 g/mol. The molecule has 2 aromatic carbocycles. The maximum atomic E-state index is 15.6. The van der Waals surface area contributed by atoms with Crippen LogP contribution >= 0.6 is 11.3 Å². The van der Waals surface area contributed by atoms with Crippen LogP contribution in [0.3, 0.4) is 0 Å². The van der Waals surface area contributed by atoms with Gasteiger partial charge in [0.25, 0.3) is 0 Å². The molecule has 5 aromatic rings. The summed E-state index contributed by atoms with van der Waals surface area (Å²) in [5.41, 5.74) is 0.653. The van der Waals surface area contributed by atoms with E-state index < -0.39 is 28.6 Å². The van der Waals surface area contributed by atoms with Crippen LogP contribution in [-0.4, -0.2) is 19.5 Å². The molecule has 4 nitrogen and oxygen atoms in total. The summed E-state index contributed by atoms with van der Waals surface area (Å²) in [5, 5.41) is 1.23. The van der Waals surface area contributed by atoms with Crippen molar-refractivity contribution in [2.75, 3.05) is 0 Å². The van der Waals surface area contributed by atoms with Crippen molar-refractivity contribution in [1.82, 2.24) is 19.5 Å². The van der Waals surface area contributed by atoms with Gasteiger partial charge in [-0.05, 0) is 35.4 Å². The van der Waals surface area contributed by atoms with E-state index >= 15 is 17.6 Å². The van der Waals surface area contributed by atoms with Gasteiger partial charge in [-0.15, -0.1) is 11.3 Å². The first-order valence-corrected chi connectivity index (χ1v) is 12.4. The lowest BCUT2D eigenvalue weighted by molar-refractivity contribution is -0.227. The smallest absolute Gasteiger partial charge is 0.299 e. The number of hydrogen-bond donors (Lipinski definition) is 0. The molecule has 0 amide bonds. The normalized spacial score (nSPS) is 17.0. The minimum absolute atomic E-state index is 0.0874. The predicted octanol–water partition coefficient (Wildman–Crippen LogP) is 7.58. The quantitative estimate of drug-likeness (QED) is 0.214. The van der Waals surface area contributed by atoms with Crippen molar-refractivity contribution in [3.8, 4) is 27.6 Å². The number of pyridine rings is 1. The Morgan fingerprint density at radius 2 is 1.49 bits per heavy atom. The summed E-state index contributed by atoms with van der Waals surface area (Å²) in [6, 6.07) is 17.8. The minimum Gasteiger partial charge on any atom is -0.299 e. The maximum Gasteiger partial charge on any atom is 0.359 e. The van der Waals surface area contributed by atoms with Crippen molar-refractivity contribution in [3.63, 3.8) is 0 Å². The predicted molar refractivity (Wildman–Crippen MR) is 134 cm³/mol. The molecule has 8 bridgehead atoms. The average molecular weight is 521 g/mol. The molecular formula is C28H20F4N4S. The molecule has 0 atom stereocenters. The van der Waals surface area contributed by atoms with Gasteiger partial charge in [-0.3, -0.25) is 9.55 Å². The summed E-state index contributed by atoms with van der Waals surface area (Å²) in [7, 11) is 0. The Labute approximate surface area is 214 Å². The summed E-state index contributed by atoms with van der Waals surface area (Å²) in [6.07, 6.45) is 4.19. The lowest BCUT2D eigenvalue weighted by Gasteiger charge is -2.26. The number of rotatable bonds is 1. The van der Waals surface area contributed by atoms with Crippen LogP contribution in [0, 0.1) is 0 Å². The molecule has 0 N–H and O–H groups in total. The maximum absolute atomic E-state index is 15.6. The van der Waals surface area contributed by atoms with Gasteiger partial charge in [0.2, 0.25) is 0 Å². The van der Waals surface area contributed by atoms with Crippen molar-refractivity contribution in [1.29, 1.82) is 0 Å². The summed E-state index contributed by atoms with van der Waals surface area (Å²) in [4.78, 5) is 12.4. The van der Waals surface area contributed by atoms with E-state index in [1.807, 2.05) is 38.1 Å². The van der Waals surface area contributed by atoms with Crippen LogP contribution in [0.1, 0.15) is 36.4 Å². The summed E-state index contributed by atoms with van der Waals surface area (Å²) < 4.78 is 63.5. The standard InChI is InChI=1S/C28H20F4N4S/c1-26(2)19-8-6-7-17(11-19)25-35-23(16-37-25)28(31,32)27(29,30)22-15-36(21-9-4-3-5-10-21)24(34-22)18-12-20(26)14-33-13-18/h3-16H,1-2H3. The number of hydrogen-bond acceptors (Lipinski definition) is 4. The zero-order valence-corrected chi connectivity index (χ0v) is 20.6. The van der Waals surface area contributed by atoms with E-state index in [0.717, 1.165) is 34.0 Å². The molecule has 0 spiro atoms. The zero-order chi connectivity index (χ0) is 26.0. The van der Waals surface area contributed by atoms with Crippen LogP contribution in [0.5, 0.6) is 0 Å². The number of nitrogens with zero attached hydrogens (tertiary/aromatic N) is 4. The van der Waals surface area contributed by atoms with Gasteiger partial charge in [0.05, 0.1) is 0 Å². The number of aromatic nitrogens is 4. The van der Waals surface area contributed by atoms with Crippen molar-refractivity contribution in [3.05, 3.63) is 107 Å². The second kappa shape index (κ2) is 8.08. The Hall–Kier alpha value is -3.85. The van der Waals surface area contributed by atoms with E-state index in [1.165, 1.54) is 10.8 Å². The molecule has 0 fully saturated rings. The molecule has 4 heterocycles. The topological polar surface area (TPSA) is 43.6 Å². The Balaban J connectivity index is 1.68. The number of halogens is 4. The average Bonchev–Trinajstić information content (AvgIpc) is 3.58. The van der Waals surface area contributed by atoms with Gasteiger partial charge >= 0.3 is 11.8 Å². The zero-order valence-electron chi connectivity index (χ0n) is 19.8. The number of fused-ring (bicyclic) bond motifs is 10. The van der Waals surface area contributed by atoms with Gasteiger partial charge in [0.15, 0.2) is 0 Å². The highest BCUT2D eigenvalue weighted by atomic mass is 32.1. The molecule has 0 saturated carbocycles. The molecule has 1 aliphatic heterocycles. The van der Waals surface area contributed by atoms with Crippen LogP contribution < -0.4 is 0 Å². The SMILES string of the molecule is CC1(C)c2cccc(c2)-c2nc(cs2)C(F)(F)C(F)(F)c2cn(-c3ccccc3)c(n2)-c2cncc1c2. The summed E-state index contributed by atoms with van der Waals surface area (Å²) >= 11 is 0.905. The molecule has 6 rings (SSSR count). The first kappa shape index (κ1) is 23.5. The molecule has 1 aliphatic rings. The second-order valence-electron chi connectivity index (χ2n) is 9.51. The number of benzene rings is 2.